The van der Waals surface area contributed by atoms with Crippen LogP contribution in [0.5, 0.6) is 0 Å². The van der Waals surface area contributed by atoms with Gasteiger partial charge in [-0.25, -0.2) is 0 Å². The Kier molecular flexibility index (Phi) is 6.45. The molecular formula is C21H20N4O2S. The summed E-state index contributed by atoms with van der Waals surface area (Å²) in [5, 5.41) is 16.9. The van der Waals surface area contributed by atoms with Gasteiger partial charge in [0.15, 0.2) is 0 Å². The van der Waals surface area contributed by atoms with Gasteiger partial charge in [0.1, 0.15) is 0 Å². The fraction of sp³-hybridized carbons (Fsp3) is 0.238. The fourth-order valence-corrected chi connectivity index (χ4v) is 3.37. The van der Waals surface area contributed by atoms with Crippen molar-refractivity contribution in [1.82, 2.24) is 10.2 Å². The predicted molar refractivity (Wildman–Crippen MR) is 109 cm³/mol. The van der Waals surface area contributed by atoms with Gasteiger partial charge in [-0.2, -0.15) is 5.26 Å². The van der Waals surface area contributed by atoms with E-state index in [0.29, 0.717) is 17.7 Å². The number of carbonyl (C=O) groups is 1. The fourth-order valence-electron chi connectivity index (χ4n) is 2.63. The van der Waals surface area contributed by atoms with Gasteiger partial charge >= 0.3 is 0 Å². The summed E-state index contributed by atoms with van der Waals surface area (Å²) < 4.78 is 5.71. The van der Waals surface area contributed by atoms with Crippen molar-refractivity contribution in [2.45, 2.75) is 30.7 Å². The molecule has 28 heavy (non-hydrogen) atoms. The molecule has 0 saturated heterocycles. The Morgan fingerprint density at radius 1 is 1.18 bits per heavy atom. The molecule has 142 valence electrons. The Labute approximate surface area is 168 Å². The smallest absolute Gasteiger partial charge is 0.277 e. The Bertz CT molecular complexity index is 964. The van der Waals surface area contributed by atoms with Crippen LogP contribution in [0.1, 0.15) is 18.9 Å². The lowest BCUT2D eigenvalue weighted by atomic mass is 10.1. The van der Waals surface area contributed by atoms with Crippen molar-refractivity contribution in [3.63, 3.8) is 0 Å². The van der Waals surface area contributed by atoms with E-state index in [1.54, 1.807) is 11.8 Å². The summed E-state index contributed by atoms with van der Waals surface area (Å²) >= 11 is 1.21. The largest absolute Gasteiger partial charge is 0.411 e. The van der Waals surface area contributed by atoms with Crippen molar-refractivity contribution in [3.8, 4) is 17.5 Å². The second-order valence-corrected chi connectivity index (χ2v) is 7.52. The third-order valence-electron chi connectivity index (χ3n) is 4.11. The average Bonchev–Trinajstić information content (AvgIpc) is 3.18. The van der Waals surface area contributed by atoms with Crippen LogP contribution in [0.4, 0.5) is 5.69 Å². The van der Waals surface area contributed by atoms with Gasteiger partial charge in [0, 0.05) is 17.8 Å². The molecule has 0 bridgehead atoms. The Morgan fingerprint density at radius 3 is 2.57 bits per heavy atom. The number of anilines is 1. The van der Waals surface area contributed by atoms with Crippen LogP contribution in [0, 0.1) is 18.3 Å². The van der Waals surface area contributed by atoms with Gasteiger partial charge in [-0.15, -0.1) is 10.2 Å². The summed E-state index contributed by atoms with van der Waals surface area (Å²) in [5.41, 5.74) is 2.75. The van der Waals surface area contributed by atoms with E-state index < -0.39 is 5.25 Å². The van der Waals surface area contributed by atoms with Gasteiger partial charge in [0.2, 0.25) is 11.8 Å². The zero-order chi connectivity index (χ0) is 19.9. The molecule has 3 rings (SSSR count). The number of hydrogen-bond acceptors (Lipinski definition) is 6. The molecule has 7 heteroatoms. The van der Waals surface area contributed by atoms with Gasteiger partial charge in [0.05, 0.1) is 17.7 Å². The highest BCUT2D eigenvalue weighted by Gasteiger charge is 2.24. The summed E-state index contributed by atoms with van der Waals surface area (Å²) in [7, 11) is 0. The van der Waals surface area contributed by atoms with Gasteiger partial charge in [-0.3, -0.25) is 4.79 Å². The highest BCUT2D eigenvalue weighted by Crippen LogP contribution is 2.28. The minimum absolute atomic E-state index is 0.110. The lowest BCUT2D eigenvalue weighted by Crippen LogP contribution is -2.37. The zero-order valence-electron chi connectivity index (χ0n) is 15.7. The van der Waals surface area contributed by atoms with E-state index in [-0.39, 0.29) is 12.3 Å². The minimum Gasteiger partial charge on any atom is -0.411 e. The number of rotatable bonds is 7. The van der Waals surface area contributed by atoms with E-state index in [2.05, 4.69) is 16.3 Å². The predicted octanol–water partition coefficient (Wildman–Crippen LogP) is 4.47. The maximum atomic E-state index is 13.0. The molecule has 0 aliphatic heterocycles. The third kappa shape index (κ3) is 4.78. The lowest BCUT2D eigenvalue weighted by Gasteiger charge is -2.24. The number of thioether (sulfide) groups is 1. The first-order valence-corrected chi connectivity index (χ1v) is 9.77. The monoisotopic (exact) mass is 392 g/mol. The van der Waals surface area contributed by atoms with Crippen LogP contribution in [0.2, 0.25) is 0 Å². The average molecular weight is 392 g/mol. The lowest BCUT2D eigenvalue weighted by molar-refractivity contribution is -0.117. The van der Waals surface area contributed by atoms with Crippen LogP contribution >= 0.6 is 11.8 Å². The van der Waals surface area contributed by atoms with Crippen LogP contribution in [0.25, 0.3) is 11.5 Å². The molecule has 6 nitrogen and oxygen atoms in total. The second kappa shape index (κ2) is 9.20. The molecule has 0 saturated carbocycles. The molecule has 1 amide bonds. The zero-order valence-corrected chi connectivity index (χ0v) is 16.5. The molecule has 1 heterocycles. The standard InChI is InChI=1S/C21H20N4O2S/c1-15-9-11-17(12-10-15)19-23-24-21(27-19)28-16(2)20(26)25(14-6-13-22)18-7-4-3-5-8-18/h3-5,7-12,16H,6,14H2,1-2H3. The second-order valence-electron chi connectivity index (χ2n) is 6.23. The molecule has 0 N–H and O–H groups in total. The van der Waals surface area contributed by atoms with Gasteiger partial charge in [-0.1, -0.05) is 47.7 Å². The van der Waals surface area contributed by atoms with Crippen molar-refractivity contribution in [1.29, 1.82) is 5.26 Å². The molecule has 1 unspecified atom stereocenters. The summed E-state index contributed by atoms with van der Waals surface area (Å²) in [5.74, 6) is 0.313. The van der Waals surface area contributed by atoms with Gasteiger partial charge < -0.3 is 9.32 Å². The number of nitrogens with zero attached hydrogens (tertiary/aromatic N) is 4. The minimum atomic E-state index is -0.440. The topological polar surface area (TPSA) is 83.0 Å². The van der Waals surface area contributed by atoms with Crippen LogP contribution in [0.15, 0.2) is 64.2 Å². The number of para-hydroxylation sites is 1. The first kappa shape index (κ1) is 19.6. The third-order valence-corrected chi connectivity index (χ3v) is 5.03. The van der Waals surface area contributed by atoms with E-state index in [0.717, 1.165) is 16.8 Å². The van der Waals surface area contributed by atoms with Crippen molar-refractivity contribution >= 4 is 23.4 Å². The van der Waals surface area contributed by atoms with Gasteiger partial charge in [-0.05, 0) is 38.1 Å². The van der Waals surface area contributed by atoms with Crippen molar-refractivity contribution in [2.24, 2.45) is 0 Å². The number of nitriles is 1. The van der Waals surface area contributed by atoms with Crippen molar-refractivity contribution < 1.29 is 9.21 Å². The molecule has 0 aliphatic carbocycles. The Morgan fingerprint density at radius 2 is 1.89 bits per heavy atom. The molecule has 0 radical (unpaired) electrons. The SMILES string of the molecule is Cc1ccc(-c2nnc(SC(C)C(=O)N(CCC#N)c3ccccc3)o2)cc1. The highest BCUT2D eigenvalue weighted by atomic mass is 32.2. The first-order chi connectivity index (χ1) is 13.6. The number of hydrogen-bond donors (Lipinski definition) is 0. The summed E-state index contributed by atoms with van der Waals surface area (Å²) in [6.07, 6.45) is 0.260. The van der Waals surface area contributed by atoms with Crippen LogP contribution in [-0.2, 0) is 4.79 Å². The van der Waals surface area contributed by atoms with E-state index >= 15 is 0 Å². The van der Waals surface area contributed by atoms with E-state index in [4.69, 9.17) is 9.68 Å². The van der Waals surface area contributed by atoms with E-state index in [9.17, 15) is 4.79 Å². The summed E-state index contributed by atoms with van der Waals surface area (Å²) in [6.45, 7) is 4.14. The Balaban J connectivity index is 1.72. The molecule has 0 spiro atoms. The van der Waals surface area contributed by atoms with Crippen molar-refractivity contribution in [2.75, 3.05) is 11.4 Å². The van der Waals surface area contributed by atoms with E-state index in [1.807, 2.05) is 61.5 Å². The maximum Gasteiger partial charge on any atom is 0.277 e. The molecule has 1 atom stereocenters. The van der Waals surface area contributed by atoms with E-state index in [1.165, 1.54) is 11.8 Å². The molecule has 2 aromatic carbocycles. The maximum absolute atomic E-state index is 13.0. The Hall–Kier alpha value is -3.11. The number of benzene rings is 2. The first-order valence-electron chi connectivity index (χ1n) is 8.89. The molecule has 0 fully saturated rings. The normalized spacial score (nSPS) is 11.6. The molecule has 1 aromatic heterocycles. The van der Waals surface area contributed by atoms with Crippen molar-refractivity contribution in [3.05, 3.63) is 60.2 Å². The van der Waals surface area contributed by atoms with Crippen LogP contribution in [0.3, 0.4) is 0 Å². The number of aromatic nitrogens is 2. The van der Waals surface area contributed by atoms with Crippen LogP contribution in [-0.4, -0.2) is 27.9 Å². The molecular weight excluding hydrogens is 372 g/mol. The summed E-state index contributed by atoms with van der Waals surface area (Å²) in [4.78, 5) is 14.6. The number of aryl methyl sites for hydroxylation is 1. The summed E-state index contributed by atoms with van der Waals surface area (Å²) in [6, 6.07) is 19.2. The molecule has 3 aromatic rings. The number of carbonyl (C=O) groups excluding carboxylic acids is 1. The highest BCUT2D eigenvalue weighted by molar-refractivity contribution is 8.00. The van der Waals surface area contributed by atoms with Crippen LogP contribution < -0.4 is 4.90 Å². The number of amides is 1. The quantitative estimate of drug-likeness (QED) is 0.552. The van der Waals surface area contributed by atoms with Gasteiger partial charge in [0.25, 0.3) is 5.22 Å². The molecule has 0 aliphatic rings.